The number of nitrogens with zero attached hydrogens (tertiary/aromatic N) is 2. The first-order valence-electron chi connectivity index (χ1n) is 6.40. The molecule has 5 nitrogen and oxygen atoms in total. The minimum absolute atomic E-state index is 0.0748. The van der Waals surface area contributed by atoms with Crippen LogP contribution >= 0.6 is 0 Å². The maximum atomic E-state index is 10.8. The zero-order valence-corrected chi connectivity index (χ0v) is 11.5. The van der Waals surface area contributed by atoms with Crippen molar-refractivity contribution in [1.29, 1.82) is 5.26 Å². The average molecular weight is 268 g/mol. The number of aryl methyl sites for hydroxylation is 1. The van der Waals surface area contributed by atoms with Crippen LogP contribution in [0.2, 0.25) is 0 Å². The van der Waals surface area contributed by atoms with E-state index in [0.29, 0.717) is 24.5 Å². The minimum atomic E-state index is -0.0748. The van der Waals surface area contributed by atoms with E-state index in [4.69, 9.17) is 0 Å². The highest BCUT2D eigenvalue weighted by Gasteiger charge is 2.06. The van der Waals surface area contributed by atoms with Gasteiger partial charge in [-0.05, 0) is 25.1 Å². The molecule has 0 unspecified atom stereocenters. The summed E-state index contributed by atoms with van der Waals surface area (Å²) in [6.07, 6.45) is 0. The maximum absolute atomic E-state index is 10.8. The maximum Gasteiger partial charge on any atom is 0.216 e. The van der Waals surface area contributed by atoms with Crippen LogP contribution in [0, 0.1) is 18.3 Å². The van der Waals surface area contributed by atoms with Crippen molar-refractivity contribution in [3.05, 3.63) is 35.4 Å². The van der Waals surface area contributed by atoms with Gasteiger partial charge in [0.05, 0.1) is 11.1 Å². The highest BCUT2D eigenvalue weighted by atomic mass is 16.1. The van der Waals surface area contributed by atoms with E-state index in [1.54, 1.807) is 0 Å². The van der Waals surface area contributed by atoms with Crippen molar-refractivity contribution in [2.24, 2.45) is 0 Å². The van der Waals surface area contributed by atoms with Gasteiger partial charge in [-0.3, -0.25) is 4.79 Å². The first-order valence-corrected chi connectivity index (χ1v) is 6.40. The van der Waals surface area contributed by atoms with Gasteiger partial charge in [-0.2, -0.15) is 5.26 Å². The number of hydrogen-bond acceptors (Lipinski definition) is 4. The fourth-order valence-electron chi connectivity index (χ4n) is 1.94. The predicted molar refractivity (Wildman–Crippen MR) is 78.4 cm³/mol. The Labute approximate surface area is 117 Å². The van der Waals surface area contributed by atoms with Gasteiger partial charge < -0.3 is 10.6 Å². The quantitative estimate of drug-likeness (QED) is 0.831. The first-order chi connectivity index (χ1) is 9.60. The van der Waals surface area contributed by atoms with Gasteiger partial charge in [-0.25, -0.2) is 4.98 Å². The number of carbonyl (C=O) groups excluding carboxylic acids is 1. The lowest BCUT2D eigenvalue weighted by molar-refractivity contribution is -0.118. The van der Waals surface area contributed by atoms with E-state index in [-0.39, 0.29) is 5.91 Å². The molecule has 2 aromatic rings. The number of rotatable bonds is 4. The number of aromatic nitrogens is 1. The van der Waals surface area contributed by atoms with Crippen molar-refractivity contribution < 1.29 is 4.79 Å². The number of anilines is 1. The summed E-state index contributed by atoms with van der Waals surface area (Å²) in [6, 6.07) is 9.90. The number of carbonyl (C=O) groups is 1. The van der Waals surface area contributed by atoms with Crippen molar-refractivity contribution in [1.82, 2.24) is 10.3 Å². The topological polar surface area (TPSA) is 77.8 Å². The molecule has 0 aliphatic heterocycles. The molecule has 2 N–H and O–H groups in total. The second-order valence-corrected chi connectivity index (χ2v) is 4.60. The molecule has 2 rings (SSSR count). The highest BCUT2D eigenvalue weighted by molar-refractivity contribution is 5.83. The van der Waals surface area contributed by atoms with E-state index < -0.39 is 0 Å². The average Bonchev–Trinajstić information content (AvgIpc) is 2.42. The molecule has 0 aliphatic carbocycles. The fraction of sp³-hybridized carbons (Fsp3) is 0.267. The van der Waals surface area contributed by atoms with Crippen molar-refractivity contribution >= 4 is 22.6 Å². The van der Waals surface area contributed by atoms with E-state index >= 15 is 0 Å². The van der Waals surface area contributed by atoms with E-state index in [1.165, 1.54) is 6.92 Å². The van der Waals surface area contributed by atoms with Crippen LogP contribution in [0.4, 0.5) is 5.82 Å². The number of fused-ring (bicyclic) bond motifs is 1. The Kier molecular flexibility index (Phi) is 4.16. The number of pyridine rings is 1. The lowest BCUT2D eigenvalue weighted by atomic mass is 10.1. The van der Waals surface area contributed by atoms with Gasteiger partial charge in [0.1, 0.15) is 11.9 Å². The molecule has 0 saturated heterocycles. The normalized spacial score (nSPS) is 10.1. The summed E-state index contributed by atoms with van der Waals surface area (Å²) < 4.78 is 0. The summed E-state index contributed by atoms with van der Waals surface area (Å²) in [7, 11) is 0. The molecule has 20 heavy (non-hydrogen) atoms. The summed E-state index contributed by atoms with van der Waals surface area (Å²) in [6.45, 7) is 4.49. The number of nitrogens with one attached hydrogen (secondary N) is 2. The Morgan fingerprint density at radius 2 is 2.15 bits per heavy atom. The van der Waals surface area contributed by atoms with Crippen molar-refractivity contribution in [2.45, 2.75) is 13.8 Å². The van der Waals surface area contributed by atoms with E-state index in [9.17, 15) is 10.1 Å². The van der Waals surface area contributed by atoms with Gasteiger partial charge in [0.25, 0.3) is 0 Å². The van der Waals surface area contributed by atoms with Crippen LogP contribution in [0.1, 0.15) is 18.1 Å². The van der Waals surface area contributed by atoms with Crippen LogP contribution in [0.25, 0.3) is 10.9 Å². The Balaban J connectivity index is 2.21. The van der Waals surface area contributed by atoms with Crippen LogP contribution in [0.15, 0.2) is 24.3 Å². The second-order valence-electron chi connectivity index (χ2n) is 4.60. The van der Waals surface area contributed by atoms with E-state index in [0.717, 1.165) is 16.5 Å². The molecule has 1 aromatic carbocycles. The number of amides is 1. The monoisotopic (exact) mass is 268 g/mol. The molecule has 1 amide bonds. The lowest BCUT2D eigenvalue weighted by Crippen LogP contribution is -2.26. The number of hydrogen-bond donors (Lipinski definition) is 2. The molecule has 0 bridgehead atoms. The molecule has 5 heteroatoms. The second kappa shape index (κ2) is 6.02. The van der Waals surface area contributed by atoms with Crippen molar-refractivity contribution in [3.8, 4) is 6.07 Å². The molecule has 0 aliphatic rings. The molecule has 0 spiro atoms. The summed E-state index contributed by atoms with van der Waals surface area (Å²) in [4.78, 5) is 15.2. The van der Waals surface area contributed by atoms with Gasteiger partial charge in [0.15, 0.2) is 0 Å². The van der Waals surface area contributed by atoms with Gasteiger partial charge in [0, 0.05) is 25.4 Å². The molecule has 0 saturated carbocycles. The Bertz CT molecular complexity index is 688. The van der Waals surface area contributed by atoms with Crippen LogP contribution in [-0.2, 0) is 4.79 Å². The van der Waals surface area contributed by atoms with Crippen LogP contribution in [0.5, 0.6) is 0 Å². The smallest absolute Gasteiger partial charge is 0.216 e. The predicted octanol–water partition coefficient (Wildman–Crippen LogP) is 1.96. The summed E-state index contributed by atoms with van der Waals surface area (Å²) in [5, 5.41) is 15.9. The molecule has 0 radical (unpaired) electrons. The Morgan fingerprint density at radius 1 is 1.35 bits per heavy atom. The van der Waals surface area contributed by atoms with Gasteiger partial charge >= 0.3 is 0 Å². The summed E-state index contributed by atoms with van der Waals surface area (Å²) in [5.41, 5.74) is 2.48. The lowest BCUT2D eigenvalue weighted by Gasteiger charge is -2.09. The minimum Gasteiger partial charge on any atom is -0.367 e. The number of nitriles is 1. The molecule has 0 atom stereocenters. The van der Waals surface area contributed by atoms with Crippen molar-refractivity contribution in [2.75, 3.05) is 18.4 Å². The van der Waals surface area contributed by atoms with Crippen LogP contribution < -0.4 is 10.6 Å². The standard InChI is InChI=1S/C15H16N4O/c1-10-3-4-14-12(7-10)8-13(9-16)15(19-14)18-6-5-17-11(2)20/h3-4,7-8H,5-6H2,1-2H3,(H,17,20)(H,18,19). The zero-order valence-electron chi connectivity index (χ0n) is 11.5. The van der Waals surface area contributed by atoms with Crippen LogP contribution in [0.3, 0.4) is 0 Å². The van der Waals surface area contributed by atoms with Gasteiger partial charge in [-0.1, -0.05) is 11.6 Å². The Hall–Kier alpha value is -2.61. The first kappa shape index (κ1) is 13.8. The fourth-order valence-corrected chi connectivity index (χ4v) is 1.94. The summed E-state index contributed by atoms with van der Waals surface area (Å²) >= 11 is 0. The van der Waals surface area contributed by atoms with Crippen molar-refractivity contribution in [3.63, 3.8) is 0 Å². The molecule has 0 fully saturated rings. The third-order valence-electron chi connectivity index (χ3n) is 2.88. The highest BCUT2D eigenvalue weighted by Crippen LogP contribution is 2.20. The van der Waals surface area contributed by atoms with E-state index in [1.807, 2.05) is 31.2 Å². The molecular formula is C15H16N4O. The largest absolute Gasteiger partial charge is 0.367 e. The van der Waals surface area contributed by atoms with Gasteiger partial charge in [0.2, 0.25) is 5.91 Å². The summed E-state index contributed by atoms with van der Waals surface area (Å²) in [5.74, 6) is 0.475. The van der Waals surface area contributed by atoms with Crippen LogP contribution in [-0.4, -0.2) is 24.0 Å². The molecule has 102 valence electrons. The van der Waals surface area contributed by atoms with Gasteiger partial charge in [-0.15, -0.1) is 0 Å². The third-order valence-corrected chi connectivity index (χ3v) is 2.88. The molecular weight excluding hydrogens is 252 g/mol. The third kappa shape index (κ3) is 3.23. The zero-order chi connectivity index (χ0) is 14.5. The SMILES string of the molecule is CC(=O)NCCNc1nc2ccc(C)cc2cc1C#N. The Morgan fingerprint density at radius 3 is 2.85 bits per heavy atom. The molecule has 1 heterocycles. The molecule has 1 aromatic heterocycles. The number of benzene rings is 1. The van der Waals surface area contributed by atoms with E-state index in [2.05, 4.69) is 21.7 Å².